The van der Waals surface area contributed by atoms with E-state index in [1.807, 2.05) is 0 Å². The Morgan fingerprint density at radius 3 is 2.59 bits per heavy atom. The first-order valence-corrected chi connectivity index (χ1v) is 6.98. The maximum absolute atomic E-state index is 12.3. The van der Waals surface area contributed by atoms with Crippen molar-refractivity contribution in [1.82, 2.24) is 14.3 Å². The minimum atomic E-state index is -3.55. The van der Waals surface area contributed by atoms with E-state index in [-0.39, 0.29) is 17.7 Å². The maximum atomic E-state index is 12.3. The lowest BCUT2D eigenvalue weighted by atomic mass is 10.3. The highest BCUT2D eigenvalue weighted by molar-refractivity contribution is 7.89. The Kier molecular flexibility index (Phi) is 4.67. The molecule has 98 valence electrons. The lowest BCUT2D eigenvalue weighted by Crippen LogP contribution is -2.38. The minimum absolute atomic E-state index is 0.0270. The van der Waals surface area contributed by atoms with Gasteiger partial charge in [-0.25, -0.2) is 13.4 Å². The Bertz CT molecular complexity index is 453. The van der Waals surface area contributed by atoms with Gasteiger partial charge in [-0.15, -0.1) is 0 Å². The second-order valence-electron chi connectivity index (χ2n) is 4.12. The number of hydrogen-bond acceptors (Lipinski definition) is 4. The van der Waals surface area contributed by atoms with Gasteiger partial charge >= 0.3 is 0 Å². The molecule has 0 aliphatic rings. The SMILES string of the molecule is Cc1ncc(S(=O)(=O)N(CCCO)C(C)C)[nH]1. The molecule has 0 amide bonds. The van der Waals surface area contributed by atoms with Crippen LogP contribution in [-0.4, -0.2) is 47.0 Å². The number of aromatic nitrogens is 2. The molecule has 17 heavy (non-hydrogen) atoms. The summed E-state index contributed by atoms with van der Waals surface area (Å²) in [5.41, 5.74) is 0. The van der Waals surface area contributed by atoms with E-state index >= 15 is 0 Å². The normalized spacial score (nSPS) is 12.6. The van der Waals surface area contributed by atoms with Crippen LogP contribution in [0.15, 0.2) is 11.2 Å². The number of aromatic amines is 1. The summed E-state index contributed by atoms with van der Waals surface area (Å²) in [6, 6.07) is -0.157. The summed E-state index contributed by atoms with van der Waals surface area (Å²) >= 11 is 0. The fraction of sp³-hybridized carbons (Fsp3) is 0.700. The number of aliphatic hydroxyl groups excluding tert-OH is 1. The molecule has 1 aromatic heterocycles. The molecular weight excluding hydrogens is 242 g/mol. The summed E-state index contributed by atoms with van der Waals surface area (Å²) < 4.78 is 25.9. The lowest BCUT2D eigenvalue weighted by molar-refractivity contribution is 0.258. The van der Waals surface area contributed by atoms with Gasteiger partial charge in [0.25, 0.3) is 10.0 Å². The summed E-state index contributed by atoms with van der Waals surface area (Å²) in [6.07, 6.45) is 1.74. The van der Waals surface area contributed by atoms with E-state index in [2.05, 4.69) is 9.97 Å². The quantitative estimate of drug-likeness (QED) is 0.780. The number of sulfonamides is 1. The van der Waals surface area contributed by atoms with Crippen molar-refractivity contribution in [2.75, 3.05) is 13.2 Å². The molecule has 0 spiro atoms. The van der Waals surface area contributed by atoms with Crippen LogP contribution in [0.1, 0.15) is 26.1 Å². The van der Waals surface area contributed by atoms with Crippen LogP contribution in [0, 0.1) is 6.92 Å². The number of nitrogens with zero attached hydrogens (tertiary/aromatic N) is 2. The summed E-state index contributed by atoms with van der Waals surface area (Å²) in [6.45, 7) is 5.58. The van der Waals surface area contributed by atoms with Crippen molar-refractivity contribution < 1.29 is 13.5 Å². The lowest BCUT2D eigenvalue weighted by Gasteiger charge is -2.24. The predicted molar refractivity (Wildman–Crippen MR) is 64.1 cm³/mol. The Hall–Kier alpha value is -0.920. The van der Waals surface area contributed by atoms with E-state index in [0.717, 1.165) is 0 Å². The van der Waals surface area contributed by atoms with Crippen molar-refractivity contribution in [3.05, 3.63) is 12.0 Å². The zero-order valence-electron chi connectivity index (χ0n) is 10.3. The number of imidazole rings is 1. The van der Waals surface area contributed by atoms with E-state index < -0.39 is 10.0 Å². The van der Waals surface area contributed by atoms with E-state index in [9.17, 15) is 8.42 Å². The Morgan fingerprint density at radius 1 is 1.53 bits per heavy atom. The van der Waals surface area contributed by atoms with Crippen LogP contribution in [0.3, 0.4) is 0 Å². The van der Waals surface area contributed by atoms with E-state index in [1.165, 1.54) is 10.5 Å². The van der Waals surface area contributed by atoms with Crippen LogP contribution in [0.5, 0.6) is 0 Å². The zero-order chi connectivity index (χ0) is 13.1. The molecule has 0 bridgehead atoms. The molecule has 1 aromatic rings. The molecule has 0 aliphatic heterocycles. The summed E-state index contributed by atoms with van der Waals surface area (Å²) in [7, 11) is -3.55. The zero-order valence-corrected chi connectivity index (χ0v) is 11.2. The van der Waals surface area contributed by atoms with Crippen molar-refractivity contribution in [2.45, 2.75) is 38.3 Å². The third kappa shape index (κ3) is 3.27. The first-order valence-electron chi connectivity index (χ1n) is 5.54. The molecule has 0 aliphatic carbocycles. The van der Waals surface area contributed by atoms with Gasteiger partial charge in [0, 0.05) is 19.2 Å². The monoisotopic (exact) mass is 261 g/mol. The fourth-order valence-electron chi connectivity index (χ4n) is 1.54. The van der Waals surface area contributed by atoms with E-state index in [4.69, 9.17) is 5.11 Å². The summed E-state index contributed by atoms with van der Waals surface area (Å²) in [4.78, 5) is 6.62. The topological polar surface area (TPSA) is 86.3 Å². The largest absolute Gasteiger partial charge is 0.396 e. The number of H-pyrrole nitrogens is 1. The van der Waals surface area contributed by atoms with Crippen LogP contribution in [0.25, 0.3) is 0 Å². The van der Waals surface area contributed by atoms with Gasteiger partial charge < -0.3 is 10.1 Å². The third-order valence-electron chi connectivity index (χ3n) is 2.38. The molecule has 0 unspecified atom stereocenters. The highest BCUT2D eigenvalue weighted by Gasteiger charge is 2.27. The second kappa shape index (κ2) is 5.61. The molecule has 2 N–H and O–H groups in total. The summed E-state index contributed by atoms with van der Waals surface area (Å²) in [5, 5.41) is 8.89. The molecule has 1 heterocycles. The number of hydrogen-bond donors (Lipinski definition) is 2. The van der Waals surface area contributed by atoms with Gasteiger partial charge in [0.2, 0.25) is 0 Å². The van der Waals surface area contributed by atoms with Gasteiger partial charge in [0.1, 0.15) is 5.82 Å². The van der Waals surface area contributed by atoms with Crippen molar-refractivity contribution in [1.29, 1.82) is 0 Å². The second-order valence-corrected chi connectivity index (χ2v) is 5.98. The molecular formula is C10H19N3O3S. The molecule has 0 fully saturated rings. The van der Waals surface area contributed by atoms with Crippen LogP contribution in [0.2, 0.25) is 0 Å². The Labute approximate surface area is 102 Å². The number of nitrogens with one attached hydrogen (secondary N) is 1. The molecule has 0 saturated heterocycles. The van der Waals surface area contributed by atoms with Gasteiger partial charge in [-0.05, 0) is 27.2 Å². The van der Waals surface area contributed by atoms with Crippen LogP contribution >= 0.6 is 0 Å². The Balaban J connectivity index is 3.00. The molecule has 0 saturated carbocycles. The average molecular weight is 261 g/mol. The molecule has 0 aromatic carbocycles. The van der Waals surface area contributed by atoms with Crippen molar-refractivity contribution >= 4 is 10.0 Å². The van der Waals surface area contributed by atoms with Crippen molar-refractivity contribution in [2.24, 2.45) is 0 Å². The van der Waals surface area contributed by atoms with Gasteiger partial charge in [0.15, 0.2) is 5.03 Å². The van der Waals surface area contributed by atoms with Gasteiger partial charge in [-0.3, -0.25) is 0 Å². The van der Waals surface area contributed by atoms with Crippen LogP contribution in [-0.2, 0) is 10.0 Å². The smallest absolute Gasteiger partial charge is 0.260 e. The first-order chi connectivity index (χ1) is 7.89. The van der Waals surface area contributed by atoms with Crippen LogP contribution < -0.4 is 0 Å². The molecule has 0 radical (unpaired) electrons. The van der Waals surface area contributed by atoms with Crippen molar-refractivity contribution in [3.63, 3.8) is 0 Å². The first kappa shape index (κ1) is 14.1. The number of rotatable bonds is 6. The number of aliphatic hydroxyl groups is 1. The molecule has 7 heteroatoms. The fourth-order valence-corrected chi connectivity index (χ4v) is 3.18. The molecule has 1 rings (SSSR count). The third-order valence-corrected chi connectivity index (χ3v) is 4.36. The highest BCUT2D eigenvalue weighted by atomic mass is 32.2. The van der Waals surface area contributed by atoms with E-state index in [1.54, 1.807) is 20.8 Å². The van der Waals surface area contributed by atoms with E-state index in [0.29, 0.717) is 18.8 Å². The van der Waals surface area contributed by atoms with Crippen molar-refractivity contribution in [3.8, 4) is 0 Å². The van der Waals surface area contributed by atoms with Crippen LogP contribution in [0.4, 0.5) is 0 Å². The minimum Gasteiger partial charge on any atom is -0.396 e. The van der Waals surface area contributed by atoms with Gasteiger partial charge in [0.05, 0.1) is 6.20 Å². The maximum Gasteiger partial charge on any atom is 0.260 e. The molecule has 6 nitrogen and oxygen atoms in total. The predicted octanol–water partition coefficient (Wildman–Crippen LogP) is 0.500. The number of aryl methyl sites for hydroxylation is 1. The average Bonchev–Trinajstić information content (AvgIpc) is 2.65. The van der Waals surface area contributed by atoms with Gasteiger partial charge in [-0.2, -0.15) is 4.31 Å². The summed E-state index contributed by atoms with van der Waals surface area (Å²) in [5.74, 6) is 0.564. The standard InChI is InChI=1S/C10H19N3O3S/c1-8(2)13(5-4-6-14)17(15,16)10-7-11-9(3)12-10/h7-8,14H,4-6H2,1-3H3,(H,11,12). The van der Waals surface area contributed by atoms with Gasteiger partial charge in [-0.1, -0.05) is 0 Å². The highest BCUT2D eigenvalue weighted by Crippen LogP contribution is 2.16. The Morgan fingerprint density at radius 2 is 2.18 bits per heavy atom. The molecule has 0 atom stereocenters.